The molecule has 4 heterocycles. The number of alkyl carbamates (subject to hydrolysis) is 2. The van der Waals surface area contributed by atoms with Crippen molar-refractivity contribution in [2.75, 3.05) is 27.3 Å². The molecule has 2 aliphatic heterocycles. The van der Waals surface area contributed by atoms with E-state index in [1.807, 2.05) is 44.2 Å². The fourth-order valence-electron chi connectivity index (χ4n) is 11.4. The largest absolute Gasteiger partial charge is 0.453 e. The molecule has 70 heavy (non-hydrogen) atoms. The Morgan fingerprint density at radius 3 is 1.76 bits per heavy atom. The van der Waals surface area contributed by atoms with Crippen LogP contribution >= 0.6 is 0 Å². The van der Waals surface area contributed by atoms with Crippen LogP contribution in [0.25, 0.3) is 44.4 Å². The summed E-state index contributed by atoms with van der Waals surface area (Å²) in [7, 11) is 2.44. The monoisotopic (exact) mass is 960 g/mol. The summed E-state index contributed by atoms with van der Waals surface area (Å²) in [5, 5.41) is 5.56. The van der Waals surface area contributed by atoms with Gasteiger partial charge in [0, 0.05) is 12.8 Å². The molecule has 370 valence electrons. The molecular formula is C53H62F2N8O7. The zero-order valence-corrected chi connectivity index (χ0v) is 40.6. The Balaban J connectivity index is 0.989. The Hall–Kier alpha value is -6.65. The van der Waals surface area contributed by atoms with E-state index in [-0.39, 0.29) is 54.6 Å². The number of fused-ring (bicyclic) bond motifs is 2. The maximum absolute atomic E-state index is 15.1. The SMILES string of the molecule is COC(=O)N[C@H](C(=O)N1C[C@H](F)C[C@@H]1c1ncc(-c2ccc(-c3ccc(-c4ccc5nc([C@@H]6C[C@@H](F)CN6C(=O)[C@@H](NC(=O)OC)C(C)C)[nH]c(=O)c5c4)c4c3CC3(CCCCC3)C4)cc2)[nH]1)C(C)C. The van der Waals surface area contributed by atoms with Gasteiger partial charge in [-0.1, -0.05) is 89.4 Å². The molecule has 5 aromatic rings. The number of H-pyrrole nitrogens is 2. The molecule has 4 amide bonds. The highest BCUT2D eigenvalue weighted by molar-refractivity contribution is 5.89. The van der Waals surface area contributed by atoms with Crippen molar-refractivity contribution in [3.8, 4) is 33.5 Å². The molecule has 17 heteroatoms. The van der Waals surface area contributed by atoms with Crippen LogP contribution in [0.5, 0.6) is 0 Å². The van der Waals surface area contributed by atoms with E-state index in [4.69, 9.17) is 14.5 Å². The number of benzene rings is 3. The number of methoxy groups -OCH3 is 2. The van der Waals surface area contributed by atoms with Crippen LogP contribution in [0.3, 0.4) is 0 Å². The van der Waals surface area contributed by atoms with Gasteiger partial charge in [-0.05, 0) is 94.0 Å². The summed E-state index contributed by atoms with van der Waals surface area (Å²) in [6, 6.07) is 15.0. The van der Waals surface area contributed by atoms with E-state index in [2.05, 4.69) is 49.9 Å². The number of alkyl halides is 2. The molecule has 2 aromatic heterocycles. The smallest absolute Gasteiger partial charge is 0.407 e. The summed E-state index contributed by atoms with van der Waals surface area (Å²) in [5.41, 5.74) is 8.56. The predicted octanol–water partition coefficient (Wildman–Crippen LogP) is 8.68. The third-order valence-corrected chi connectivity index (χ3v) is 15.1. The Morgan fingerprint density at radius 2 is 1.21 bits per heavy atom. The summed E-state index contributed by atoms with van der Waals surface area (Å²) in [6.07, 6.45) is 5.45. The first kappa shape index (κ1) is 48.4. The van der Waals surface area contributed by atoms with E-state index < -0.39 is 60.5 Å². The second-order valence-corrected chi connectivity index (χ2v) is 20.4. The predicted molar refractivity (Wildman–Crippen MR) is 260 cm³/mol. The lowest BCUT2D eigenvalue weighted by Gasteiger charge is -2.33. The molecule has 2 aliphatic carbocycles. The maximum atomic E-state index is 15.1. The highest BCUT2D eigenvalue weighted by atomic mass is 19.1. The van der Waals surface area contributed by atoms with Gasteiger partial charge in [0.2, 0.25) is 11.8 Å². The van der Waals surface area contributed by atoms with Gasteiger partial charge in [-0.15, -0.1) is 0 Å². The first-order valence-corrected chi connectivity index (χ1v) is 24.5. The number of nitrogens with one attached hydrogen (secondary N) is 4. The molecular weight excluding hydrogens is 899 g/mol. The summed E-state index contributed by atoms with van der Waals surface area (Å²) in [6.45, 7) is 6.88. The summed E-state index contributed by atoms with van der Waals surface area (Å²) < 4.78 is 39.6. The Bertz CT molecular complexity index is 2860. The molecule has 0 unspecified atom stereocenters. The Morgan fingerprint density at radius 1 is 0.700 bits per heavy atom. The quantitative estimate of drug-likeness (QED) is 0.100. The van der Waals surface area contributed by atoms with Gasteiger partial charge in [0.05, 0.1) is 62.2 Å². The number of hydrogen-bond acceptors (Lipinski definition) is 9. The van der Waals surface area contributed by atoms with E-state index in [9.17, 15) is 28.4 Å². The van der Waals surface area contributed by atoms with Crippen molar-refractivity contribution in [3.63, 3.8) is 0 Å². The summed E-state index contributed by atoms with van der Waals surface area (Å²) >= 11 is 0. The van der Waals surface area contributed by atoms with Crippen molar-refractivity contribution in [3.05, 3.63) is 93.9 Å². The van der Waals surface area contributed by atoms with Gasteiger partial charge in [-0.25, -0.2) is 28.3 Å². The lowest BCUT2D eigenvalue weighted by Crippen LogP contribution is -2.51. The van der Waals surface area contributed by atoms with E-state index >= 15 is 4.39 Å². The number of carbonyl (C=O) groups is 4. The molecule has 9 rings (SSSR count). The van der Waals surface area contributed by atoms with E-state index in [1.54, 1.807) is 20.0 Å². The number of halogens is 2. The minimum absolute atomic E-state index is 0.0438. The molecule has 1 spiro atoms. The zero-order chi connectivity index (χ0) is 49.6. The average Bonchev–Trinajstić information content (AvgIpc) is 4.17. The highest BCUT2D eigenvalue weighted by Gasteiger charge is 2.44. The molecule has 4 N–H and O–H groups in total. The number of carbonyl (C=O) groups excluding carboxylic acids is 4. The lowest BCUT2D eigenvalue weighted by molar-refractivity contribution is -0.136. The molecule has 4 aliphatic rings. The maximum Gasteiger partial charge on any atom is 0.407 e. The van der Waals surface area contributed by atoms with Crippen molar-refractivity contribution in [1.29, 1.82) is 0 Å². The standard InChI is InChI=1S/C53H62F2N8O7/c1-28(2)44(59-51(67)69-5)49(65)62-26-33(54)21-42(62)46-56-25-41(58-46)31-12-10-30(11-13-31)35-15-16-36(39-24-53(23-38(35)39)18-8-7-9-19-53)32-14-17-40-37(20-32)48(64)61-47(57-40)43-22-34(55)27-63(43)50(66)45(29(3)4)60-52(68)70-6/h10-17,20,25,28-29,33-34,42-45H,7-9,18-19,21-24,26-27H2,1-6H3,(H,56,58)(H,59,67)(H,60,68)(H,57,61,64)/t33-,34-,42-,43+,44+,45+/m1/s1. The molecule has 1 saturated carbocycles. The fourth-order valence-corrected chi connectivity index (χ4v) is 11.4. The third-order valence-electron chi connectivity index (χ3n) is 15.1. The van der Waals surface area contributed by atoms with Crippen molar-refractivity contribution < 1.29 is 37.4 Å². The number of nitrogens with zero attached hydrogens (tertiary/aromatic N) is 4. The van der Waals surface area contributed by atoms with Crippen LogP contribution in [0.2, 0.25) is 0 Å². The summed E-state index contributed by atoms with van der Waals surface area (Å²) in [5.74, 6) is -0.776. The number of ether oxygens (including phenoxy) is 2. The van der Waals surface area contributed by atoms with Gasteiger partial charge in [-0.3, -0.25) is 14.4 Å². The van der Waals surface area contributed by atoms with Crippen molar-refractivity contribution in [2.24, 2.45) is 17.3 Å². The van der Waals surface area contributed by atoms with Crippen molar-refractivity contribution in [1.82, 2.24) is 40.4 Å². The number of likely N-dealkylation sites (tertiary alicyclic amines) is 2. The van der Waals surface area contributed by atoms with Crippen LogP contribution in [0.15, 0.2) is 65.6 Å². The Labute approximate surface area is 405 Å². The van der Waals surface area contributed by atoms with Gasteiger partial charge < -0.3 is 39.9 Å². The van der Waals surface area contributed by atoms with Crippen LogP contribution in [0.1, 0.15) is 108 Å². The van der Waals surface area contributed by atoms with Crippen LogP contribution < -0.4 is 16.2 Å². The fraction of sp³-hybridized carbons (Fsp3) is 0.491. The number of amides is 4. The zero-order valence-electron chi connectivity index (χ0n) is 40.6. The summed E-state index contributed by atoms with van der Waals surface area (Å²) in [4.78, 5) is 84.1. The first-order valence-electron chi connectivity index (χ1n) is 24.5. The minimum Gasteiger partial charge on any atom is -0.453 e. The topological polar surface area (TPSA) is 192 Å². The molecule has 0 bridgehead atoms. The van der Waals surface area contributed by atoms with Gasteiger partial charge in [0.25, 0.3) is 5.56 Å². The number of rotatable bonds is 11. The van der Waals surface area contributed by atoms with Crippen LogP contribution in [0, 0.1) is 17.3 Å². The van der Waals surface area contributed by atoms with Crippen molar-refractivity contribution >= 4 is 34.9 Å². The minimum atomic E-state index is -1.34. The van der Waals surface area contributed by atoms with Gasteiger partial charge in [-0.2, -0.15) is 0 Å². The molecule has 2 saturated heterocycles. The lowest BCUT2D eigenvalue weighted by atomic mass is 9.72. The molecule has 3 aromatic carbocycles. The normalized spacial score (nSPS) is 21.6. The molecule has 15 nitrogen and oxygen atoms in total. The second-order valence-electron chi connectivity index (χ2n) is 20.4. The van der Waals surface area contributed by atoms with E-state index in [0.29, 0.717) is 16.7 Å². The molecule has 3 fully saturated rings. The number of aromatic amines is 2. The first-order chi connectivity index (χ1) is 33.6. The van der Waals surface area contributed by atoms with Crippen LogP contribution in [-0.4, -0.2) is 105 Å². The van der Waals surface area contributed by atoms with Crippen molar-refractivity contribution in [2.45, 2.75) is 122 Å². The highest BCUT2D eigenvalue weighted by Crippen LogP contribution is 2.52. The Kier molecular flexibility index (Phi) is 13.6. The molecule has 0 radical (unpaired) electrons. The second kappa shape index (κ2) is 19.6. The van der Waals surface area contributed by atoms with Gasteiger partial charge in [0.1, 0.15) is 36.1 Å². The third kappa shape index (κ3) is 9.38. The van der Waals surface area contributed by atoms with Gasteiger partial charge >= 0.3 is 12.2 Å². The number of imidazole rings is 1. The van der Waals surface area contributed by atoms with Crippen LogP contribution in [-0.2, 0) is 31.9 Å². The van der Waals surface area contributed by atoms with E-state index in [0.717, 1.165) is 59.2 Å². The van der Waals surface area contributed by atoms with Gasteiger partial charge in [0.15, 0.2) is 0 Å². The number of hydrogen-bond donors (Lipinski definition) is 4. The average molecular weight is 961 g/mol. The van der Waals surface area contributed by atoms with E-state index in [1.165, 1.54) is 54.4 Å². The van der Waals surface area contributed by atoms with Crippen LogP contribution in [0.4, 0.5) is 18.4 Å². The molecule has 6 atom stereocenters. The number of aromatic nitrogens is 4.